The van der Waals surface area contributed by atoms with Crippen molar-refractivity contribution in [3.05, 3.63) is 83.4 Å². The standard InChI is InChI=1S/C26H22F3N3O3S/c1-16(24(33)30-13-18-7-10-22-23(11-18)35-15-34-22)36-25-31-20-12-19(26(27,28)29)8-9-21(20)32(25)14-17-5-3-2-4-6-17/h2-12,16H,13-15H2,1H3,(H,30,33). The van der Waals surface area contributed by atoms with E-state index < -0.39 is 17.0 Å². The first kappa shape index (κ1) is 24.1. The molecule has 0 aliphatic carbocycles. The summed E-state index contributed by atoms with van der Waals surface area (Å²) in [6.07, 6.45) is -4.47. The molecular weight excluding hydrogens is 491 g/mol. The van der Waals surface area contributed by atoms with E-state index in [-0.39, 0.29) is 18.2 Å². The van der Waals surface area contributed by atoms with Crippen LogP contribution < -0.4 is 14.8 Å². The van der Waals surface area contributed by atoms with Crippen molar-refractivity contribution < 1.29 is 27.4 Å². The number of aromatic nitrogens is 2. The van der Waals surface area contributed by atoms with Crippen LogP contribution >= 0.6 is 11.8 Å². The highest BCUT2D eigenvalue weighted by molar-refractivity contribution is 8.00. The third-order valence-corrected chi connectivity index (χ3v) is 6.87. The van der Waals surface area contributed by atoms with Crippen molar-refractivity contribution in [2.45, 2.75) is 36.6 Å². The van der Waals surface area contributed by atoms with Gasteiger partial charge in [0.1, 0.15) is 0 Å². The molecule has 0 fully saturated rings. The number of hydrogen-bond acceptors (Lipinski definition) is 5. The van der Waals surface area contributed by atoms with E-state index in [0.717, 1.165) is 23.3 Å². The van der Waals surface area contributed by atoms with E-state index in [9.17, 15) is 18.0 Å². The summed E-state index contributed by atoms with van der Waals surface area (Å²) >= 11 is 1.21. The highest BCUT2D eigenvalue weighted by Crippen LogP contribution is 2.35. The second-order valence-corrected chi connectivity index (χ2v) is 9.64. The fraction of sp³-hybridized carbons (Fsp3) is 0.231. The number of thioether (sulfide) groups is 1. The minimum Gasteiger partial charge on any atom is -0.454 e. The van der Waals surface area contributed by atoms with E-state index in [4.69, 9.17) is 9.47 Å². The van der Waals surface area contributed by atoms with E-state index in [1.54, 1.807) is 13.0 Å². The Morgan fingerprint density at radius 1 is 1.06 bits per heavy atom. The van der Waals surface area contributed by atoms with Gasteiger partial charge >= 0.3 is 6.18 Å². The molecule has 0 saturated heterocycles. The van der Waals surface area contributed by atoms with E-state index in [1.807, 2.05) is 47.0 Å². The summed E-state index contributed by atoms with van der Waals surface area (Å²) in [5, 5.41) is 2.84. The summed E-state index contributed by atoms with van der Waals surface area (Å²) in [5.74, 6) is 1.09. The number of benzene rings is 3. The van der Waals surface area contributed by atoms with Gasteiger partial charge < -0.3 is 19.4 Å². The molecule has 1 unspecified atom stereocenters. The number of hydrogen-bond donors (Lipinski definition) is 1. The van der Waals surface area contributed by atoms with E-state index >= 15 is 0 Å². The minimum atomic E-state index is -4.47. The number of alkyl halides is 3. The Hall–Kier alpha value is -3.66. The summed E-state index contributed by atoms with van der Waals surface area (Å²) in [6, 6.07) is 18.6. The molecule has 0 radical (unpaired) electrons. The van der Waals surface area contributed by atoms with Crippen LogP contribution in [-0.4, -0.2) is 27.5 Å². The molecule has 1 aliphatic rings. The van der Waals surface area contributed by atoms with Crippen LogP contribution in [0.25, 0.3) is 11.0 Å². The number of carbonyl (C=O) groups is 1. The number of halogens is 3. The molecule has 0 spiro atoms. The maximum atomic E-state index is 13.3. The summed E-state index contributed by atoms with van der Waals surface area (Å²) in [5.41, 5.74) is 1.88. The Bertz CT molecular complexity index is 1410. The van der Waals surface area contributed by atoms with Crippen LogP contribution in [0.5, 0.6) is 11.5 Å². The lowest BCUT2D eigenvalue weighted by Crippen LogP contribution is -2.30. The predicted octanol–water partition coefficient (Wildman–Crippen LogP) is 5.63. The monoisotopic (exact) mass is 513 g/mol. The third kappa shape index (κ3) is 5.13. The Kier molecular flexibility index (Phi) is 6.53. The number of fused-ring (bicyclic) bond motifs is 2. The van der Waals surface area contributed by atoms with Crippen molar-refractivity contribution >= 4 is 28.7 Å². The molecule has 1 N–H and O–H groups in total. The Morgan fingerprint density at radius 2 is 1.83 bits per heavy atom. The van der Waals surface area contributed by atoms with Gasteiger partial charge in [0.2, 0.25) is 12.7 Å². The molecule has 0 bridgehead atoms. The number of ether oxygens (including phenoxy) is 2. The molecule has 1 atom stereocenters. The van der Waals surface area contributed by atoms with Crippen LogP contribution in [0.1, 0.15) is 23.6 Å². The lowest BCUT2D eigenvalue weighted by atomic mass is 10.2. The molecule has 1 aliphatic heterocycles. The number of nitrogens with zero attached hydrogens (tertiary/aromatic N) is 2. The highest BCUT2D eigenvalue weighted by Gasteiger charge is 2.31. The van der Waals surface area contributed by atoms with Gasteiger partial charge in [-0.25, -0.2) is 4.98 Å². The van der Waals surface area contributed by atoms with Gasteiger partial charge in [-0.05, 0) is 48.4 Å². The zero-order valence-corrected chi connectivity index (χ0v) is 20.0. The molecular formula is C26H22F3N3O3S. The molecule has 10 heteroatoms. The van der Waals surface area contributed by atoms with Gasteiger partial charge in [0, 0.05) is 6.54 Å². The number of imidazole rings is 1. The number of amides is 1. The van der Waals surface area contributed by atoms with E-state index in [0.29, 0.717) is 35.3 Å². The molecule has 36 heavy (non-hydrogen) atoms. The van der Waals surface area contributed by atoms with Crippen molar-refractivity contribution in [1.29, 1.82) is 0 Å². The van der Waals surface area contributed by atoms with Crippen LogP contribution in [-0.2, 0) is 24.1 Å². The molecule has 5 rings (SSSR count). The average molecular weight is 514 g/mol. The molecule has 4 aromatic rings. The first-order valence-corrected chi connectivity index (χ1v) is 12.1. The highest BCUT2D eigenvalue weighted by atomic mass is 32.2. The number of carbonyl (C=O) groups excluding carboxylic acids is 1. The topological polar surface area (TPSA) is 65.4 Å². The Labute approximate surface area is 209 Å². The van der Waals surface area contributed by atoms with Crippen molar-refractivity contribution in [1.82, 2.24) is 14.9 Å². The Morgan fingerprint density at radius 3 is 2.61 bits per heavy atom. The maximum absolute atomic E-state index is 13.3. The zero-order chi connectivity index (χ0) is 25.3. The van der Waals surface area contributed by atoms with Crippen LogP contribution in [0.15, 0.2) is 71.9 Å². The van der Waals surface area contributed by atoms with E-state index in [1.165, 1.54) is 17.8 Å². The summed E-state index contributed by atoms with van der Waals surface area (Å²) in [6.45, 7) is 2.63. The smallest absolute Gasteiger partial charge is 0.416 e. The molecule has 0 saturated carbocycles. The summed E-state index contributed by atoms with van der Waals surface area (Å²) < 4.78 is 52.3. The zero-order valence-electron chi connectivity index (χ0n) is 19.2. The SMILES string of the molecule is CC(Sc1nc2cc(C(F)(F)F)ccc2n1Cc1ccccc1)C(=O)NCc1ccc2c(c1)OCO2. The molecule has 6 nitrogen and oxygen atoms in total. The van der Waals surface area contributed by atoms with Crippen molar-refractivity contribution in [2.24, 2.45) is 0 Å². The van der Waals surface area contributed by atoms with Gasteiger partial charge in [0.15, 0.2) is 16.7 Å². The first-order chi connectivity index (χ1) is 17.3. The Balaban J connectivity index is 1.36. The van der Waals surface area contributed by atoms with Crippen LogP contribution in [0.2, 0.25) is 0 Å². The van der Waals surface area contributed by atoms with Gasteiger partial charge in [-0.3, -0.25) is 4.79 Å². The fourth-order valence-electron chi connectivity index (χ4n) is 3.89. The number of rotatable bonds is 7. The molecule has 2 heterocycles. The second kappa shape index (κ2) is 9.77. The second-order valence-electron chi connectivity index (χ2n) is 8.33. The molecule has 3 aromatic carbocycles. The van der Waals surface area contributed by atoms with Crippen LogP contribution in [0, 0.1) is 0 Å². The lowest BCUT2D eigenvalue weighted by molar-refractivity contribution is -0.137. The van der Waals surface area contributed by atoms with Crippen molar-refractivity contribution in [3.63, 3.8) is 0 Å². The minimum absolute atomic E-state index is 0.174. The summed E-state index contributed by atoms with van der Waals surface area (Å²) in [4.78, 5) is 17.3. The van der Waals surface area contributed by atoms with Crippen molar-refractivity contribution in [2.75, 3.05) is 6.79 Å². The maximum Gasteiger partial charge on any atom is 0.416 e. The largest absolute Gasteiger partial charge is 0.454 e. The van der Waals surface area contributed by atoms with Gasteiger partial charge in [0.25, 0.3) is 0 Å². The molecule has 1 aromatic heterocycles. The average Bonchev–Trinajstić information content (AvgIpc) is 3.46. The van der Waals surface area contributed by atoms with Gasteiger partial charge in [0.05, 0.1) is 28.4 Å². The summed E-state index contributed by atoms with van der Waals surface area (Å²) in [7, 11) is 0. The molecule has 186 valence electrons. The van der Waals surface area contributed by atoms with Gasteiger partial charge in [-0.1, -0.05) is 48.2 Å². The van der Waals surface area contributed by atoms with Crippen LogP contribution in [0.4, 0.5) is 13.2 Å². The van der Waals surface area contributed by atoms with Gasteiger partial charge in [-0.2, -0.15) is 13.2 Å². The van der Waals surface area contributed by atoms with Gasteiger partial charge in [-0.15, -0.1) is 0 Å². The quantitative estimate of drug-likeness (QED) is 0.325. The normalized spacial score (nSPS) is 13.7. The van der Waals surface area contributed by atoms with E-state index in [2.05, 4.69) is 10.3 Å². The van der Waals surface area contributed by atoms with Crippen LogP contribution in [0.3, 0.4) is 0 Å². The molecule has 1 amide bonds. The van der Waals surface area contributed by atoms with Crippen molar-refractivity contribution in [3.8, 4) is 11.5 Å². The predicted molar refractivity (Wildman–Crippen MR) is 130 cm³/mol. The third-order valence-electron chi connectivity index (χ3n) is 5.78. The lowest BCUT2D eigenvalue weighted by Gasteiger charge is -2.14. The number of nitrogens with one attached hydrogen (secondary N) is 1. The first-order valence-electron chi connectivity index (χ1n) is 11.2. The fourth-order valence-corrected chi connectivity index (χ4v) is 4.84.